The lowest BCUT2D eigenvalue weighted by Crippen LogP contribution is -2.25. The van der Waals surface area contributed by atoms with Crippen molar-refractivity contribution in [1.29, 1.82) is 0 Å². The Morgan fingerprint density at radius 1 is 1.20 bits per heavy atom. The van der Waals surface area contributed by atoms with Crippen LogP contribution in [0.25, 0.3) is 5.69 Å². The molecule has 35 heavy (non-hydrogen) atoms. The molecule has 1 saturated carbocycles. The number of nitrogens with one attached hydrogen (secondary N) is 1. The van der Waals surface area contributed by atoms with Crippen LogP contribution < -0.4 is 10.2 Å². The quantitative estimate of drug-likeness (QED) is 0.512. The van der Waals surface area contributed by atoms with E-state index in [-0.39, 0.29) is 18.4 Å². The number of anilines is 2. The van der Waals surface area contributed by atoms with Gasteiger partial charge in [-0.25, -0.2) is 4.68 Å². The Bertz CT molecular complexity index is 1290. The molecule has 2 aromatic carbocycles. The van der Waals surface area contributed by atoms with Gasteiger partial charge >= 0.3 is 0 Å². The van der Waals surface area contributed by atoms with Crippen molar-refractivity contribution < 1.29 is 4.79 Å². The molecule has 1 aromatic heterocycles. The molecule has 8 nitrogen and oxygen atoms in total. The first-order valence-corrected chi connectivity index (χ1v) is 12.3. The second-order valence-electron chi connectivity index (χ2n) is 9.64. The Hall–Kier alpha value is -3.23. The normalized spacial score (nSPS) is 15.6. The van der Waals surface area contributed by atoms with Gasteiger partial charge in [-0.2, -0.15) is 0 Å². The van der Waals surface area contributed by atoms with Gasteiger partial charge in [0.1, 0.15) is 0 Å². The molecule has 0 unspecified atom stereocenters. The van der Waals surface area contributed by atoms with Crippen LogP contribution >= 0.6 is 11.6 Å². The predicted octanol–water partition coefficient (Wildman–Crippen LogP) is 4.82. The molecule has 0 bridgehead atoms. The molecule has 1 aliphatic carbocycles. The number of benzene rings is 2. The van der Waals surface area contributed by atoms with E-state index >= 15 is 0 Å². The molecule has 1 N–H and O–H groups in total. The van der Waals surface area contributed by atoms with Gasteiger partial charge in [-0.05, 0) is 63.6 Å². The van der Waals surface area contributed by atoms with E-state index in [9.17, 15) is 4.79 Å². The lowest BCUT2D eigenvalue weighted by Gasteiger charge is -2.25. The van der Waals surface area contributed by atoms with Crippen LogP contribution in [0, 0.1) is 0 Å². The first-order chi connectivity index (χ1) is 16.8. The van der Waals surface area contributed by atoms with Crippen LogP contribution in [0.2, 0.25) is 5.02 Å². The van der Waals surface area contributed by atoms with Crippen LogP contribution in [0.5, 0.6) is 0 Å². The van der Waals surface area contributed by atoms with E-state index in [2.05, 4.69) is 46.3 Å². The maximum Gasteiger partial charge on any atom is 0.230 e. The summed E-state index contributed by atoms with van der Waals surface area (Å²) in [6.07, 6.45) is 4.47. The summed E-state index contributed by atoms with van der Waals surface area (Å²) in [5.74, 6) is -0.124. The maximum atomic E-state index is 12.7. The van der Waals surface area contributed by atoms with Gasteiger partial charge in [-0.1, -0.05) is 28.9 Å². The van der Waals surface area contributed by atoms with Gasteiger partial charge in [0.05, 0.1) is 51.8 Å². The monoisotopic (exact) mass is 491 g/mol. The van der Waals surface area contributed by atoms with E-state index in [4.69, 9.17) is 16.6 Å². The van der Waals surface area contributed by atoms with E-state index in [1.807, 2.05) is 48.3 Å². The molecule has 2 aliphatic rings. The molecule has 1 aliphatic heterocycles. The minimum absolute atomic E-state index is 0.124. The summed E-state index contributed by atoms with van der Waals surface area (Å²) in [7, 11) is 4.14. The lowest BCUT2D eigenvalue weighted by molar-refractivity contribution is -0.115. The fraction of sp³-hybridized carbons (Fsp3) is 0.385. The number of nitrogens with zero attached hydrogens (tertiary/aromatic N) is 6. The van der Waals surface area contributed by atoms with Crippen molar-refractivity contribution >= 4 is 40.3 Å². The SMILES string of the molecule is CC(C)N(C)c1cc2c(cc1Cl)NC(=O)CC(c1cccc(-n3nncc3CN(C)C3CC3)c1)=N2. The van der Waals surface area contributed by atoms with Crippen molar-refractivity contribution in [3.8, 4) is 5.69 Å². The molecule has 5 rings (SSSR count). The zero-order valence-corrected chi connectivity index (χ0v) is 21.3. The van der Waals surface area contributed by atoms with E-state index in [0.717, 1.165) is 29.2 Å². The van der Waals surface area contributed by atoms with Crippen LogP contribution in [0.4, 0.5) is 17.1 Å². The Morgan fingerprint density at radius 2 is 2.00 bits per heavy atom. The van der Waals surface area contributed by atoms with E-state index in [1.165, 1.54) is 12.8 Å². The zero-order valence-electron chi connectivity index (χ0n) is 20.5. The number of halogens is 1. The molecule has 0 radical (unpaired) electrons. The molecule has 182 valence electrons. The number of hydrogen-bond donors (Lipinski definition) is 1. The lowest BCUT2D eigenvalue weighted by atomic mass is 10.1. The highest BCUT2D eigenvalue weighted by Crippen LogP contribution is 2.39. The summed E-state index contributed by atoms with van der Waals surface area (Å²) in [6, 6.07) is 12.6. The number of carbonyl (C=O) groups excluding carboxylic acids is 1. The van der Waals surface area contributed by atoms with Crippen molar-refractivity contribution in [2.45, 2.75) is 51.7 Å². The summed E-state index contributed by atoms with van der Waals surface area (Å²) in [5.41, 5.74) is 5.67. The van der Waals surface area contributed by atoms with Crippen molar-refractivity contribution in [3.63, 3.8) is 0 Å². The van der Waals surface area contributed by atoms with Crippen LogP contribution in [0.3, 0.4) is 0 Å². The maximum absolute atomic E-state index is 12.7. The van der Waals surface area contributed by atoms with Crippen molar-refractivity contribution in [3.05, 3.63) is 58.9 Å². The Kier molecular flexibility index (Phi) is 6.34. The van der Waals surface area contributed by atoms with Gasteiger partial charge in [0.15, 0.2) is 0 Å². The second kappa shape index (κ2) is 9.43. The minimum Gasteiger partial charge on any atom is -0.371 e. The highest BCUT2D eigenvalue weighted by Gasteiger charge is 2.27. The fourth-order valence-electron chi connectivity index (χ4n) is 4.29. The van der Waals surface area contributed by atoms with Crippen molar-refractivity contribution in [2.24, 2.45) is 4.99 Å². The van der Waals surface area contributed by atoms with Gasteiger partial charge in [-0.15, -0.1) is 5.10 Å². The predicted molar refractivity (Wildman–Crippen MR) is 140 cm³/mol. The van der Waals surface area contributed by atoms with Crippen LogP contribution in [0.15, 0.2) is 47.6 Å². The highest BCUT2D eigenvalue weighted by atomic mass is 35.5. The smallest absolute Gasteiger partial charge is 0.230 e. The Morgan fingerprint density at radius 3 is 2.74 bits per heavy atom. The van der Waals surface area contributed by atoms with Crippen molar-refractivity contribution in [2.75, 3.05) is 24.3 Å². The Balaban J connectivity index is 1.51. The number of fused-ring (bicyclic) bond motifs is 1. The largest absolute Gasteiger partial charge is 0.371 e. The number of aliphatic imine (C=N–C) groups is 1. The summed E-state index contributed by atoms with van der Waals surface area (Å²) >= 11 is 6.55. The van der Waals surface area contributed by atoms with Gasteiger partial charge in [0.2, 0.25) is 5.91 Å². The summed E-state index contributed by atoms with van der Waals surface area (Å²) < 4.78 is 1.86. The number of carbonyl (C=O) groups is 1. The molecule has 0 spiro atoms. The third kappa shape index (κ3) is 4.94. The third-order valence-corrected chi connectivity index (χ3v) is 7.01. The molecular formula is C26H30ClN7O. The third-order valence-electron chi connectivity index (χ3n) is 6.70. The van der Waals surface area contributed by atoms with Gasteiger partial charge in [0.25, 0.3) is 0 Å². The fourth-order valence-corrected chi connectivity index (χ4v) is 4.59. The van der Waals surface area contributed by atoms with E-state index in [0.29, 0.717) is 28.2 Å². The number of aromatic nitrogens is 3. The van der Waals surface area contributed by atoms with Gasteiger partial charge < -0.3 is 10.2 Å². The average molecular weight is 492 g/mol. The first-order valence-electron chi connectivity index (χ1n) is 11.9. The molecule has 0 saturated heterocycles. The number of amides is 1. The molecule has 1 fully saturated rings. The zero-order chi connectivity index (χ0) is 24.7. The Labute approximate surface area is 210 Å². The summed E-state index contributed by atoms with van der Waals surface area (Å²) in [4.78, 5) is 22.1. The van der Waals surface area contributed by atoms with Crippen LogP contribution in [-0.4, -0.2) is 57.7 Å². The topological polar surface area (TPSA) is 78.7 Å². The molecule has 9 heteroatoms. The first kappa shape index (κ1) is 23.5. The van der Waals surface area contributed by atoms with E-state index in [1.54, 1.807) is 6.07 Å². The molecule has 1 amide bonds. The standard InChI is InChI=1S/C26H30ClN7O/c1-16(2)33(4)25-12-24-23(11-21(25)27)30-26(35)13-22(29-24)17-6-5-7-19(10-17)34-20(14-28-31-34)15-32(3)18-8-9-18/h5-7,10-12,14,16,18H,8-9,13,15H2,1-4H3,(H,30,35). The van der Waals surface area contributed by atoms with Gasteiger partial charge in [-0.3, -0.25) is 14.7 Å². The van der Waals surface area contributed by atoms with Crippen molar-refractivity contribution in [1.82, 2.24) is 19.9 Å². The van der Waals surface area contributed by atoms with E-state index < -0.39 is 0 Å². The molecule has 2 heterocycles. The summed E-state index contributed by atoms with van der Waals surface area (Å²) in [5, 5.41) is 12.0. The number of hydrogen-bond acceptors (Lipinski definition) is 6. The average Bonchev–Trinajstić information content (AvgIpc) is 3.61. The molecule has 0 atom stereocenters. The second-order valence-corrected chi connectivity index (χ2v) is 10.0. The van der Waals surface area contributed by atoms with Crippen LogP contribution in [-0.2, 0) is 11.3 Å². The van der Waals surface area contributed by atoms with Gasteiger partial charge in [0, 0.05) is 25.7 Å². The summed E-state index contributed by atoms with van der Waals surface area (Å²) in [6.45, 7) is 4.99. The highest BCUT2D eigenvalue weighted by molar-refractivity contribution is 6.34. The van der Waals surface area contributed by atoms with Crippen LogP contribution in [0.1, 0.15) is 44.4 Å². The molecule has 3 aromatic rings. The number of rotatable bonds is 7. The minimum atomic E-state index is -0.124. The molecular weight excluding hydrogens is 462 g/mol.